The molecule has 4 nitrogen and oxygen atoms in total. The topological polar surface area (TPSA) is 54.0 Å². The zero-order chi connectivity index (χ0) is 17.0. The predicted octanol–water partition coefficient (Wildman–Crippen LogP) is 5.07. The van der Waals surface area contributed by atoms with Crippen molar-refractivity contribution in [3.63, 3.8) is 0 Å². The number of anilines is 2. The van der Waals surface area contributed by atoms with Gasteiger partial charge < -0.3 is 10.6 Å². The maximum atomic E-state index is 11.6. The number of aromatic nitrogens is 1. The van der Waals surface area contributed by atoms with Gasteiger partial charge in [-0.2, -0.15) is 0 Å². The van der Waals surface area contributed by atoms with Crippen LogP contribution in [0.25, 0.3) is 11.3 Å². The normalized spacial score (nSPS) is 11.3. The van der Waals surface area contributed by atoms with Crippen LogP contribution < -0.4 is 10.6 Å². The molecule has 0 unspecified atom stereocenters. The van der Waals surface area contributed by atoms with Crippen molar-refractivity contribution in [1.29, 1.82) is 0 Å². The van der Waals surface area contributed by atoms with Gasteiger partial charge in [-0.1, -0.05) is 19.1 Å². The number of hydrogen-bond acceptors (Lipinski definition) is 4. The summed E-state index contributed by atoms with van der Waals surface area (Å²) in [5, 5.41) is 7.25. The molecule has 0 aliphatic carbocycles. The summed E-state index contributed by atoms with van der Waals surface area (Å²) in [5.41, 5.74) is 2.88. The summed E-state index contributed by atoms with van der Waals surface area (Å²) in [6.07, 6.45) is 1.40. The molecule has 0 atom stereocenters. The van der Waals surface area contributed by atoms with E-state index in [1.54, 1.807) is 11.3 Å². The fraction of sp³-hybridized carbons (Fsp3) is 0.444. The molecule has 23 heavy (non-hydrogen) atoms. The lowest BCUT2D eigenvalue weighted by atomic mass is 10.1. The monoisotopic (exact) mass is 331 g/mol. The van der Waals surface area contributed by atoms with Gasteiger partial charge in [0.2, 0.25) is 5.91 Å². The average molecular weight is 331 g/mol. The number of rotatable bonds is 5. The molecule has 124 valence electrons. The third-order valence-electron chi connectivity index (χ3n) is 3.20. The molecule has 0 aliphatic rings. The summed E-state index contributed by atoms with van der Waals surface area (Å²) >= 11 is 1.67. The lowest BCUT2D eigenvalue weighted by molar-refractivity contribution is -0.116. The van der Waals surface area contributed by atoms with E-state index >= 15 is 0 Å². The quantitative estimate of drug-likeness (QED) is 0.804. The van der Waals surface area contributed by atoms with Crippen LogP contribution in [-0.4, -0.2) is 16.4 Å². The first-order valence-corrected chi connectivity index (χ1v) is 8.76. The van der Waals surface area contributed by atoms with Gasteiger partial charge in [0.05, 0.1) is 5.69 Å². The highest BCUT2D eigenvalue weighted by molar-refractivity contribution is 7.16. The molecule has 1 amide bonds. The van der Waals surface area contributed by atoms with Crippen molar-refractivity contribution >= 4 is 28.1 Å². The van der Waals surface area contributed by atoms with E-state index in [4.69, 9.17) is 4.98 Å². The highest BCUT2D eigenvalue weighted by atomic mass is 32.1. The second kappa shape index (κ2) is 7.13. The summed E-state index contributed by atoms with van der Waals surface area (Å²) in [5.74, 6) is 0.0572. The lowest BCUT2D eigenvalue weighted by Gasteiger charge is -2.19. The van der Waals surface area contributed by atoms with E-state index in [-0.39, 0.29) is 11.4 Å². The van der Waals surface area contributed by atoms with Crippen LogP contribution in [0, 0.1) is 6.92 Å². The van der Waals surface area contributed by atoms with E-state index in [0.717, 1.165) is 28.5 Å². The molecule has 1 heterocycles. The van der Waals surface area contributed by atoms with Crippen molar-refractivity contribution in [3.8, 4) is 11.3 Å². The first kappa shape index (κ1) is 17.5. The van der Waals surface area contributed by atoms with E-state index in [9.17, 15) is 4.79 Å². The number of benzene rings is 1. The number of aryl methyl sites for hydroxylation is 1. The smallest absolute Gasteiger partial charge is 0.224 e. The molecular weight excluding hydrogens is 306 g/mol. The van der Waals surface area contributed by atoms with Crippen molar-refractivity contribution in [3.05, 3.63) is 29.1 Å². The number of carbonyl (C=O) groups excluding carboxylic acids is 1. The van der Waals surface area contributed by atoms with Gasteiger partial charge in [0, 0.05) is 28.1 Å². The number of nitrogens with zero attached hydrogens (tertiary/aromatic N) is 1. The second-order valence-corrected chi connectivity index (χ2v) is 7.88. The molecule has 0 bridgehead atoms. The van der Waals surface area contributed by atoms with Crippen LogP contribution in [-0.2, 0) is 4.79 Å². The summed E-state index contributed by atoms with van der Waals surface area (Å²) in [4.78, 5) is 17.5. The molecule has 0 radical (unpaired) electrons. The maximum absolute atomic E-state index is 11.6. The highest BCUT2D eigenvalue weighted by Crippen LogP contribution is 2.32. The van der Waals surface area contributed by atoms with E-state index in [2.05, 4.69) is 38.3 Å². The third-order valence-corrected chi connectivity index (χ3v) is 4.08. The van der Waals surface area contributed by atoms with Crippen LogP contribution in [0.1, 0.15) is 45.4 Å². The van der Waals surface area contributed by atoms with Gasteiger partial charge in [-0.3, -0.25) is 4.79 Å². The van der Waals surface area contributed by atoms with Crippen LogP contribution >= 0.6 is 11.3 Å². The van der Waals surface area contributed by atoms with Crippen LogP contribution in [0.2, 0.25) is 0 Å². The van der Waals surface area contributed by atoms with E-state index in [1.165, 1.54) is 4.88 Å². The Labute approximate surface area is 142 Å². The van der Waals surface area contributed by atoms with Crippen LogP contribution in [0.4, 0.5) is 10.8 Å². The Kier molecular flexibility index (Phi) is 5.42. The summed E-state index contributed by atoms with van der Waals surface area (Å²) < 4.78 is 0. The Morgan fingerprint density at radius 1 is 1.22 bits per heavy atom. The first-order valence-electron chi connectivity index (χ1n) is 7.94. The van der Waals surface area contributed by atoms with Crippen molar-refractivity contribution in [2.75, 3.05) is 10.6 Å². The minimum absolute atomic E-state index is 0.00498. The average Bonchev–Trinajstić information content (AvgIpc) is 2.78. The molecule has 0 spiro atoms. The number of amides is 1. The first-order chi connectivity index (χ1) is 10.8. The Morgan fingerprint density at radius 2 is 1.87 bits per heavy atom. The number of hydrogen-bond donors (Lipinski definition) is 2. The van der Waals surface area contributed by atoms with E-state index in [0.29, 0.717) is 6.42 Å². The molecule has 0 fully saturated rings. The molecule has 2 N–H and O–H groups in total. The molecule has 5 heteroatoms. The molecule has 1 aromatic heterocycles. The van der Waals surface area contributed by atoms with Gasteiger partial charge in [-0.05, 0) is 46.2 Å². The molecule has 0 saturated carbocycles. The van der Waals surface area contributed by atoms with Crippen LogP contribution in [0.3, 0.4) is 0 Å². The maximum Gasteiger partial charge on any atom is 0.224 e. The van der Waals surface area contributed by atoms with E-state index in [1.807, 2.05) is 31.2 Å². The molecule has 2 rings (SSSR count). The van der Waals surface area contributed by atoms with Gasteiger partial charge in [-0.15, -0.1) is 11.3 Å². The summed E-state index contributed by atoms with van der Waals surface area (Å²) in [6, 6.07) is 7.87. The predicted molar refractivity (Wildman–Crippen MR) is 99.2 cm³/mol. The lowest BCUT2D eigenvalue weighted by Crippen LogP contribution is -2.25. The molecule has 1 aromatic carbocycles. The van der Waals surface area contributed by atoms with Crippen molar-refractivity contribution < 1.29 is 4.79 Å². The fourth-order valence-corrected chi connectivity index (χ4v) is 3.24. The molecular formula is C18H25N3OS. The van der Waals surface area contributed by atoms with Gasteiger partial charge in [0.1, 0.15) is 0 Å². The Morgan fingerprint density at radius 3 is 2.43 bits per heavy atom. The Balaban J connectivity index is 2.15. The van der Waals surface area contributed by atoms with Gasteiger partial charge in [0.25, 0.3) is 0 Å². The summed E-state index contributed by atoms with van der Waals surface area (Å²) in [7, 11) is 0. The minimum Gasteiger partial charge on any atom is -0.357 e. The third kappa shape index (κ3) is 5.06. The van der Waals surface area contributed by atoms with Crippen LogP contribution in [0.15, 0.2) is 24.3 Å². The fourth-order valence-electron chi connectivity index (χ4n) is 2.20. The molecule has 2 aromatic rings. The van der Waals surface area contributed by atoms with Gasteiger partial charge >= 0.3 is 0 Å². The molecule has 0 aliphatic heterocycles. The Bertz CT molecular complexity index is 669. The van der Waals surface area contributed by atoms with Crippen molar-refractivity contribution in [2.24, 2.45) is 0 Å². The number of carbonyl (C=O) groups is 1. The Hall–Kier alpha value is -1.88. The zero-order valence-corrected chi connectivity index (χ0v) is 15.3. The largest absolute Gasteiger partial charge is 0.357 e. The van der Waals surface area contributed by atoms with Crippen molar-refractivity contribution in [2.45, 2.75) is 53.0 Å². The number of thiazole rings is 1. The van der Waals surface area contributed by atoms with Crippen LogP contribution in [0.5, 0.6) is 0 Å². The van der Waals surface area contributed by atoms with Crippen molar-refractivity contribution in [1.82, 2.24) is 4.98 Å². The minimum atomic E-state index is -0.00498. The SMILES string of the molecule is CCCC(=O)Nc1ccc(-c2nc(NC(C)(C)C)sc2C)cc1. The zero-order valence-electron chi connectivity index (χ0n) is 14.5. The van der Waals surface area contributed by atoms with Gasteiger partial charge in [0.15, 0.2) is 5.13 Å². The van der Waals surface area contributed by atoms with Gasteiger partial charge in [-0.25, -0.2) is 4.98 Å². The van der Waals surface area contributed by atoms with E-state index < -0.39 is 0 Å². The molecule has 0 saturated heterocycles. The summed E-state index contributed by atoms with van der Waals surface area (Å²) in [6.45, 7) is 10.4. The standard InChI is InChI=1S/C18H25N3OS/c1-6-7-15(22)19-14-10-8-13(9-11-14)16-12(2)23-17(20-16)21-18(3,4)5/h8-11H,6-7H2,1-5H3,(H,19,22)(H,20,21). The number of nitrogens with one attached hydrogen (secondary N) is 2. The second-order valence-electron chi connectivity index (χ2n) is 6.67. The highest BCUT2D eigenvalue weighted by Gasteiger charge is 2.15.